The average Bonchev–Trinajstić information content (AvgIpc) is 2.46. The van der Waals surface area contributed by atoms with E-state index >= 15 is 0 Å². The number of nitrogens with zero attached hydrogens (tertiary/aromatic N) is 2. The number of thioether (sulfide) groups is 1. The van der Waals surface area contributed by atoms with E-state index in [1.165, 1.54) is 11.5 Å². The van der Waals surface area contributed by atoms with Crippen molar-refractivity contribution in [2.75, 3.05) is 44.5 Å². The van der Waals surface area contributed by atoms with Crippen molar-refractivity contribution in [2.24, 2.45) is 0 Å². The fourth-order valence-electron chi connectivity index (χ4n) is 0.997. The van der Waals surface area contributed by atoms with Crippen LogP contribution in [-0.2, 0) is 0 Å². The standard InChI is InChI=1S/C8H16N4S2/c1-12(2)5-4-10-8-6(13-3)7(9)11-14-8/h10H,4-5H2,1-3H3,(H2,9,11). The second-order valence-corrected chi connectivity index (χ2v) is 4.75. The van der Waals surface area contributed by atoms with Gasteiger partial charge in [0.1, 0.15) is 5.00 Å². The molecule has 0 aromatic carbocycles. The van der Waals surface area contributed by atoms with Gasteiger partial charge in [0.15, 0.2) is 5.82 Å². The molecular weight excluding hydrogens is 216 g/mol. The van der Waals surface area contributed by atoms with E-state index < -0.39 is 0 Å². The van der Waals surface area contributed by atoms with Crippen LogP contribution in [0.2, 0.25) is 0 Å². The van der Waals surface area contributed by atoms with E-state index in [-0.39, 0.29) is 0 Å². The first-order chi connectivity index (χ1) is 6.65. The predicted octanol–water partition coefficient (Wildman–Crippen LogP) is 1.42. The molecule has 4 nitrogen and oxygen atoms in total. The third-order valence-electron chi connectivity index (χ3n) is 1.72. The number of nitrogens with two attached hydrogens (primary N) is 1. The average molecular weight is 232 g/mol. The summed E-state index contributed by atoms with van der Waals surface area (Å²) in [6, 6.07) is 0. The molecule has 1 rings (SSSR count). The van der Waals surface area contributed by atoms with Crippen LogP contribution in [0.15, 0.2) is 4.90 Å². The quantitative estimate of drug-likeness (QED) is 0.752. The molecule has 80 valence electrons. The van der Waals surface area contributed by atoms with Crippen LogP contribution in [0.4, 0.5) is 10.8 Å². The number of likely N-dealkylation sites (N-methyl/N-ethyl adjacent to an activating group) is 1. The number of anilines is 2. The highest BCUT2D eigenvalue weighted by Gasteiger charge is 2.09. The summed E-state index contributed by atoms with van der Waals surface area (Å²) in [6.07, 6.45) is 2.01. The van der Waals surface area contributed by atoms with E-state index in [0.29, 0.717) is 5.82 Å². The number of nitrogen functional groups attached to an aromatic ring is 1. The maximum atomic E-state index is 5.71. The molecule has 0 radical (unpaired) electrons. The van der Waals surface area contributed by atoms with Crippen molar-refractivity contribution in [1.29, 1.82) is 0 Å². The molecule has 6 heteroatoms. The Morgan fingerprint density at radius 3 is 2.86 bits per heavy atom. The predicted molar refractivity (Wildman–Crippen MR) is 65.4 cm³/mol. The maximum absolute atomic E-state index is 5.71. The summed E-state index contributed by atoms with van der Waals surface area (Å²) in [5.74, 6) is 0.634. The van der Waals surface area contributed by atoms with Crippen LogP contribution < -0.4 is 11.1 Å². The number of hydrogen-bond acceptors (Lipinski definition) is 6. The molecule has 0 fully saturated rings. The Labute approximate surface area is 93.0 Å². The van der Waals surface area contributed by atoms with Crippen molar-refractivity contribution < 1.29 is 0 Å². The number of aromatic nitrogens is 1. The van der Waals surface area contributed by atoms with E-state index in [1.54, 1.807) is 11.8 Å². The lowest BCUT2D eigenvalue weighted by Gasteiger charge is -2.10. The summed E-state index contributed by atoms with van der Waals surface area (Å²) in [6.45, 7) is 1.92. The molecule has 0 atom stereocenters. The minimum absolute atomic E-state index is 0.634. The highest BCUT2D eigenvalue weighted by atomic mass is 32.2. The summed E-state index contributed by atoms with van der Waals surface area (Å²) < 4.78 is 4.11. The Morgan fingerprint density at radius 1 is 1.57 bits per heavy atom. The van der Waals surface area contributed by atoms with Gasteiger partial charge in [0.05, 0.1) is 4.90 Å². The van der Waals surface area contributed by atoms with E-state index in [9.17, 15) is 0 Å². The van der Waals surface area contributed by atoms with Crippen molar-refractivity contribution in [3.05, 3.63) is 0 Å². The topological polar surface area (TPSA) is 54.2 Å². The molecule has 0 aliphatic carbocycles. The third-order valence-corrected chi connectivity index (χ3v) is 3.49. The van der Waals surface area contributed by atoms with E-state index in [4.69, 9.17) is 5.73 Å². The number of nitrogens with one attached hydrogen (secondary N) is 1. The van der Waals surface area contributed by atoms with Gasteiger partial charge in [-0.05, 0) is 31.9 Å². The second-order valence-electron chi connectivity index (χ2n) is 3.16. The molecule has 1 heterocycles. The number of hydrogen-bond donors (Lipinski definition) is 2. The molecule has 0 bridgehead atoms. The van der Waals surface area contributed by atoms with Gasteiger partial charge in [-0.2, -0.15) is 4.37 Å². The Balaban J connectivity index is 2.50. The van der Waals surface area contributed by atoms with Gasteiger partial charge in [0, 0.05) is 13.1 Å². The largest absolute Gasteiger partial charge is 0.382 e. The van der Waals surface area contributed by atoms with Gasteiger partial charge in [0.2, 0.25) is 0 Å². The van der Waals surface area contributed by atoms with Crippen molar-refractivity contribution in [3.8, 4) is 0 Å². The lowest BCUT2D eigenvalue weighted by atomic mass is 10.5. The zero-order valence-corrected chi connectivity index (χ0v) is 10.3. The molecule has 1 aromatic rings. The van der Waals surface area contributed by atoms with E-state index in [0.717, 1.165) is 23.0 Å². The van der Waals surface area contributed by atoms with Crippen LogP contribution in [0.5, 0.6) is 0 Å². The Morgan fingerprint density at radius 2 is 2.29 bits per heavy atom. The van der Waals surface area contributed by atoms with Gasteiger partial charge in [-0.15, -0.1) is 11.8 Å². The van der Waals surface area contributed by atoms with Crippen LogP contribution in [0, 0.1) is 0 Å². The highest BCUT2D eigenvalue weighted by Crippen LogP contribution is 2.34. The molecule has 3 N–H and O–H groups in total. The van der Waals surface area contributed by atoms with Crippen LogP contribution in [0.1, 0.15) is 0 Å². The summed E-state index contributed by atoms with van der Waals surface area (Å²) in [4.78, 5) is 3.20. The lowest BCUT2D eigenvalue weighted by Crippen LogP contribution is -2.20. The minimum atomic E-state index is 0.634. The van der Waals surface area contributed by atoms with Crippen molar-refractivity contribution in [1.82, 2.24) is 9.27 Å². The Bertz CT molecular complexity index is 285. The third kappa shape index (κ3) is 3.04. The summed E-state index contributed by atoms with van der Waals surface area (Å²) in [5.41, 5.74) is 5.71. The molecule has 0 saturated carbocycles. The smallest absolute Gasteiger partial charge is 0.153 e. The molecule has 0 saturated heterocycles. The molecule has 0 aliphatic rings. The molecule has 0 aliphatic heterocycles. The fourth-order valence-corrected chi connectivity index (χ4v) is 2.56. The highest BCUT2D eigenvalue weighted by molar-refractivity contribution is 7.99. The SMILES string of the molecule is CSc1c(N)nsc1NCCN(C)C. The lowest BCUT2D eigenvalue weighted by molar-refractivity contribution is 0.425. The molecule has 0 spiro atoms. The molecule has 0 amide bonds. The van der Waals surface area contributed by atoms with Crippen LogP contribution in [0.25, 0.3) is 0 Å². The van der Waals surface area contributed by atoms with Gasteiger partial charge >= 0.3 is 0 Å². The van der Waals surface area contributed by atoms with Gasteiger partial charge in [-0.1, -0.05) is 0 Å². The fraction of sp³-hybridized carbons (Fsp3) is 0.625. The summed E-state index contributed by atoms with van der Waals surface area (Å²) in [7, 11) is 4.11. The van der Waals surface area contributed by atoms with Crippen LogP contribution in [-0.4, -0.2) is 42.7 Å². The Kier molecular flexibility index (Phi) is 4.50. The van der Waals surface area contributed by atoms with Crippen molar-refractivity contribution in [2.45, 2.75) is 4.90 Å². The number of rotatable bonds is 5. The Hall–Kier alpha value is -0.460. The van der Waals surface area contributed by atoms with Gasteiger partial charge < -0.3 is 16.0 Å². The van der Waals surface area contributed by atoms with Crippen LogP contribution >= 0.6 is 23.3 Å². The maximum Gasteiger partial charge on any atom is 0.153 e. The molecule has 1 aromatic heterocycles. The van der Waals surface area contributed by atoms with E-state index in [1.807, 2.05) is 6.26 Å². The molecule has 14 heavy (non-hydrogen) atoms. The van der Waals surface area contributed by atoms with Crippen LogP contribution in [0.3, 0.4) is 0 Å². The van der Waals surface area contributed by atoms with Crippen molar-refractivity contribution in [3.63, 3.8) is 0 Å². The summed E-state index contributed by atoms with van der Waals surface area (Å²) in [5, 5.41) is 4.41. The molecule has 0 unspecified atom stereocenters. The van der Waals surface area contributed by atoms with Gasteiger partial charge in [0.25, 0.3) is 0 Å². The first kappa shape index (κ1) is 11.6. The summed E-state index contributed by atoms with van der Waals surface area (Å²) >= 11 is 3.06. The first-order valence-corrected chi connectivity index (χ1v) is 6.32. The van der Waals surface area contributed by atoms with Crippen molar-refractivity contribution >= 4 is 34.1 Å². The van der Waals surface area contributed by atoms with Gasteiger partial charge in [-0.3, -0.25) is 0 Å². The molecular formula is C8H16N4S2. The zero-order chi connectivity index (χ0) is 10.6. The van der Waals surface area contributed by atoms with Gasteiger partial charge in [-0.25, -0.2) is 0 Å². The second kappa shape index (κ2) is 5.43. The van der Waals surface area contributed by atoms with E-state index in [2.05, 4.69) is 28.7 Å². The zero-order valence-electron chi connectivity index (χ0n) is 8.70. The normalized spacial score (nSPS) is 10.9. The monoisotopic (exact) mass is 232 g/mol. The first-order valence-electron chi connectivity index (χ1n) is 4.33. The minimum Gasteiger partial charge on any atom is -0.382 e.